The Morgan fingerprint density at radius 3 is 2.74 bits per heavy atom. The second-order valence-corrected chi connectivity index (χ2v) is 9.00. The number of fused-ring (bicyclic) bond motifs is 3. The molecule has 5 aromatic rings. The van der Waals surface area contributed by atoms with E-state index >= 15 is 0 Å². The lowest BCUT2D eigenvalue weighted by Crippen LogP contribution is -2.27. The Balaban J connectivity index is 1.31. The summed E-state index contributed by atoms with van der Waals surface area (Å²) < 4.78 is 9.21. The first kappa shape index (κ1) is 22.0. The third-order valence-corrected chi connectivity index (χ3v) is 6.62. The zero-order chi connectivity index (χ0) is 23.7. The molecule has 1 amide bonds. The van der Waals surface area contributed by atoms with E-state index in [1.54, 1.807) is 25.3 Å². The minimum Gasteiger partial charge on any atom is -0.497 e. The third kappa shape index (κ3) is 4.22. The van der Waals surface area contributed by atoms with Crippen LogP contribution in [0.3, 0.4) is 0 Å². The molecule has 34 heavy (non-hydrogen) atoms. The van der Waals surface area contributed by atoms with Gasteiger partial charge in [-0.3, -0.25) is 9.20 Å². The Labute approximate surface area is 201 Å². The Morgan fingerprint density at radius 1 is 1.12 bits per heavy atom. The summed E-state index contributed by atoms with van der Waals surface area (Å²) in [6.45, 7) is 2.53. The number of carbonyl (C=O) groups excluding carboxylic acids is 1. The Bertz CT molecular complexity index is 1480. The Morgan fingerprint density at radius 2 is 1.94 bits per heavy atom. The topological polar surface area (TPSA) is 77.6 Å². The van der Waals surface area contributed by atoms with E-state index in [1.165, 1.54) is 11.8 Å². The third-order valence-electron chi connectivity index (χ3n) is 5.70. The van der Waals surface area contributed by atoms with E-state index in [2.05, 4.69) is 22.2 Å². The van der Waals surface area contributed by atoms with Gasteiger partial charge >= 0.3 is 0 Å². The average Bonchev–Trinajstić information content (AvgIpc) is 3.50. The average molecular weight is 473 g/mol. The highest BCUT2D eigenvalue weighted by Gasteiger charge is 2.16. The number of rotatable bonds is 7. The van der Waals surface area contributed by atoms with Crippen molar-refractivity contribution in [1.29, 1.82) is 0 Å². The number of amides is 1. The SMILES string of the molecule is COc1ccc2c(C)cc3nnc(SCC(=O)N(C)Cc4cnn(-c5ccccc5)c4)n3c2c1. The minimum atomic E-state index is 0.00297. The fourth-order valence-electron chi connectivity index (χ4n) is 3.89. The maximum atomic E-state index is 12.9. The maximum Gasteiger partial charge on any atom is 0.233 e. The number of aryl methyl sites for hydroxylation is 1. The first-order valence-electron chi connectivity index (χ1n) is 10.8. The van der Waals surface area contributed by atoms with E-state index in [4.69, 9.17) is 4.74 Å². The highest BCUT2D eigenvalue weighted by molar-refractivity contribution is 7.99. The molecule has 0 aliphatic carbocycles. The molecular weight excluding hydrogens is 448 g/mol. The van der Waals surface area contributed by atoms with E-state index in [0.717, 1.165) is 39.1 Å². The van der Waals surface area contributed by atoms with Crippen LogP contribution >= 0.6 is 11.8 Å². The van der Waals surface area contributed by atoms with Gasteiger partial charge in [-0.2, -0.15) is 5.10 Å². The molecule has 8 nitrogen and oxygen atoms in total. The minimum absolute atomic E-state index is 0.00297. The van der Waals surface area contributed by atoms with Gasteiger partial charge in [0.05, 0.1) is 30.3 Å². The van der Waals surface area contributed by atoms with E-state index in [-0.39, 0.29) is 11.7 Å². The predicted molar refractivity (Wildman–Crippen MR) is 133 cm³/mol. The van der Waals surface area contributed by atoms with E-state index in [9.17, 15) is 4.79 Å². The normalized spacial score (nSPS) is 11.3. The van der Waals surface area contributed by atoms with Gasteiger partial charge in [-0.15, -0.1) is 10.2 Å². The second kappa shape index (κ2) is 9.18. The Hall–Kier alpha value is -3.85. The van der Waals surface area contributed by atoms with Crippen LogP contribution in [0.4, 0.5) is 0 Å². The highest BCUT2D eigenvalue weighted by atomic mass is 32.2. The molecule has 0 bridgehead atoms. The number of aromatic nitrogens is 5. The van der Waals surface area contributed by atoms with Crippen molar-refractivity contribution in [3.8, 4) is 11.4 Å². The van der Waals surface area contributed by atoms with Gasteiger partial charge < -0.3 is 9.64 Å². The van der Waals surface area contributed by atoms with Gasteiger partial charge in [-0.25, -0.2) is 4.68 Å². The number of para-hydroxylation sites is 1. The molecule has 0 radical (unpaired) electrons. The van der Waals surface area contributed by atoms with Crippen LogP contribution in [0.15, 0.2) is 72.1 Å². The zero-order valence-corrected chi connectivity index (χ0v) is 20.0. The van der Waals surface area contributed by atoms with Crippen LogP contribution in [0.5, 0.6) is 5.75 Å². The lowest BCUT2D eigenvalue weighted by Gasteiger charge is -2.15. The molecular formula is C25H24N6O2S. The fourth-order valence-corrected chi connectivity index (χ4v) is 4.78. The molecule has 0 aliphatic rings. The molecule has 3 heterocycles. The number of hydrogen-bond acceptors (Lipinski definition) is 6. The molecule has 0 spiro atoms. The molecule has 0 N–H and O–H groups in total. The Kier molecular flexibility index (Phi) is 5.93. The number of benzene rings is 2. The predicted octanol–water partition coefficient (Wildman–Crippen LogP) is 4.14. The number of carbonyl (C=O) groups is 1. The molecule has 0 saturated heterocycles. The van der Waals surface area contributed by atoms with Crippen molar-refractivity contribution in [1.82, 2.24) is 29.3 Å². The van der Waals surface area contributed by atoms with E-state index in [1.807, 2.05) is 69.9 Å². The van der Waals surface area contributed by atoms with Gasteiger partial charge in [0.1, 0.15) is 5.75 Å². The molecule has 172 valence electrons. The monoisotopic (exact) mass is 472 g/mol. The van der Waals surface area contributed by atoms with Crippen LogP contribution in [-0.2, 0) is 11.3 Å². The smallest absolute Gasteiger partial charge is 0.233 e. The van der Waals surface area contributed by atoms with Gasteiger partial charge in [0, 0.05) is 36.8 Å². The lowest BCUT2D eigenvalue weighted by atomic mass is 10.1. The molecule has 3 aromatic heterocycles. The summed E-state index contributed by atoms with van der Waals surface area (Å²) in [5.41, 5.74) is 4.76. The standard InChI is InChI=1S/C25H24N6O2S/c1-17-11-23-27-28-25(31(23)22-12-20(33-3)9-10-21(17)22)34-16-24(32)29(2)14-18-13-26-30(15-18)19-7-5-4-6-8-19/h4-13,15H,14,16H2,1-3H3. The van der Waals surface area contributed by atoms with Crippen LogP contribution in [0.1, 0.15) is 11.1 Å². The summed E-state index contributed by atoms with van der Waals surface area (Å²) in [4.78, 5) is 14.6. The summed E-state index contributed by atoms with van der Waals surface area (Å²) in [6.07, 6.45) is 3.73. The van der Waals surface area contributed by atoms with Crippen molar-refractivity contribution >= 4 is 34.2 Å². The first-order valence-corrected chi connectivity index (χ1v) is 11.8. The lowest BCUT2D eigenvalue weighted by molar-refractivity contribution is -0.127. The van der Waals surface area contributed by atoms with Gasteiger partial charge in [-0.05, 0) is 42.8 Å². The number of pyridine rings is 1. The summed E-state index contributed by atoms with van der Waals surface area (Å²) >= 11 is 1.38. The molecule has 0 atom stereocenters. The molecule has 2 aromatic carbocycles. The highest BCUT2D eigenvalue weighted by Crippen LogP contribution is 2.28. The van der Waals surface area contributed by atoms with Gasteiger partial charge in [0.25, 0.3) is 0 Å². The molecule has 0 aliphatic heterocycles. The van der Waals surface area contributed by atoms with Crippen molar-refractivity contribution in [3.63, 3.8) is 0 Å². The van der Waals surface area contributed by atoms with Crippen LogP contribution in [0.2, 0.25) is 0 Å². The van der Waals surface area contributed by atoms with Crippen molar-refractivity contribution in [3.05, 3.63) is 78.1 Å². The van der Waals surface area contributed by atoms with Crippen molar-refractivity contribution < 1.29 is 9.53 Å². The summed E-state index contributed by atoms with van der Waals surface area (Å²) in [5, 5.41) is 14.8. The molecule has 0 saturated carbocycles. The quantitative estimate of drug-likeness (QED) is 0.332. The van der Waals surface area contributed by atoms with Gasteiger partial charge in [-0.1, -0.05) is 30.0 Å². The van der Waals surface area contributed by atoms with Crippen LogP contribution in [-0.4, -0.2) is 55.1 Å². The summed E-state index contributed by atoms with van der Waals surface area (Å²) in [5.74, 6) is 1.02. The summed E-state index contributed by atoms with van der Waals surface area (Å²) in [6, 6.07) is 17.8. The second-order valence-electron chi connectivity index (χ2n) is 8.05. The molecule has 5 rings (SSSR count). The van der Waals surface area contributed by atoms with Crippen molar-refractivity contribution in [2.75, 3.05) is 19.9 Å². The zero-order valence-electron chi connectivity index (χ0n) is 19.2. The van der Waals surface area contributed by atoms with E-state index in [0.29, 0.717) is 11.7 Å². The number of hydrogen-bond donors (Lipinski definition) is 0. The fraction of sp³-hybridized carbons (Fsp3) is 0.200. The first-order chi connectivity index (χ1) is 16.5. The van der Waals surface area contributed by atoms with E-state index < -0.39 is 0 Å². The number of thioether (sulfide) groups is 1. The number of methoxy groups -OCH3 is 1. The largest absolute Gasteiger partial charge is 0.497 e. The van der Waals surface area contributed by atoms with Crippen molar-refractivity contribution in [2.24, 2.45) is 0 Å². The number of nitrogens with zero attached hydrogens (tertiary/aromatic N) is 6. The van der Waals surface area contributed by atoms with Gasteiger partial charge in [0.2, 0.25) is 5.91 Å². The molecule has 9 heteroatoms. The van der Waals surface area contributed by atoms with Crippen LogP contribution in [0.25, 0.3) is 22.2 Å². The maximum absolute atomic E-state index is 12.9. The van der Waals surface area contributed by atoms with Crippen LogP contribution in [0, 0.1) is 6.92 Å². The molecule has 0 unspecified atom stereocenters. The van der Waals surface area contributed by atoms with Gasteiger partial charge in [0.15, 0.2) is 10.8 Å². The summed E-state index contributed by atoms with van der Waals surface area (Å²) in [7, 11) is 3.45. The van der Waals surface area contributed by atoms with Crippen LogP contribution < -0.4 is 4.74 Å². The molecule has 0 fully saturated rings. The van der Waals surface area contributed by atoms with Crippen molar-refractivity contribution in [2.45, 2.75) is 18.6 Å². The number of ether oxygens (including phenoxy) is 1.